The third kappa shape index (κ3) is 27.8. The highest BCUT2D eigenvalue weighted by molar-refractivity contribution is 6.04. The van der Waals surface area contributed by atoms with Crippen LogP contribution >= 0.6 is 0 Å². The Kier molecular flexibility index (Phi) is 34.7. The van der Waals surface area contributed by atoms with Crippen molar-refractivity contribution < 1.29 is 72.0 Å². The molecule has 378 valence electrons. The number of rotatable bonds is 44. The van der Waals surface area contributed by atoms with E-state index in [1.807, 2.05) is 14.1 Å². The van der Waals surface area contributed by atoms with Crippen LogP contribution in [0.4, 0.5) is 11.4 Å². The Hall–Kier alpha value is -3.63. The van der Waals surface area contributed by atoms with Gasteiger partial charge < -0.3 is 77.6 Å². The number of anilines is 2. The number of nitrogens with zero attached hydrogens (tertiary/aromatic N) is 2. The molecule has 17 nitrogen and oxygen atoms in total. The summed E-state index contributed by atoms with van der Waals surface area (Å²) in [4.78, 5) is 2.27. The number of aliphatic hydroxyl groups is 3. The van der Waals surface area contributed by atoms with Gasteiger partial charge in [-0.25, -0.2) is 4.58 Å². The highest BCUT2D eigenvalue weighted by atomic mass is 16.6. The quantitative estimate of drug-likeness (QED) is 0.0562. The fourth-order valence-corrected chi connectivity index (χ4v) is 6.41. The summed E-state index contributed by atoms with van der Waals surface area (Å²) in [5.74, 6) is 0. The van der Waals surface area contributed by atoms with Gasteiger partial charge in [-0.15, -0.1) is 0 Å². The van der Waals surface area contributed by atoms with Gasteiger partial charge in [-0.2, -0.15) is 0 Å². The van der Waals surface area contributed by atoms with Gasteiger partial charge in [0.2, 0.25) is 0 Å². The minimum Gasteiger partial charge on any atom is -0.394 e. The maximum atomic E-state index is 8.78. The third-order valence-corrected chi connectivity index (χ3v) is 9.86. The molecule has 0 saturated carbocycles. The molecule has 2 aromatic carbocycles. The first-order valence-corrected chi connectivity index (χ1v) is 23.6. The number of ether oxygens (including phenoxy) is 11. The van der Waals surface area contributed by atoms with Crippen molar-refractivity contribution in [3.05, 3.63) is 89.5 Å². The second-order valence-corrected chi connectivity index (χ2v) is 15.1. The van der Waals surface area contributed by atoms with Gasteiger partial charge in [0.15, 0.2) is 5.71 Å². The van der Waals surface area contributed by atoms with Gasteiger partial charge in [0.05, 0.1) is 159 Å². The van der Waals surface area contributed by atoms with E-state index in [0.717, 1.165) is 52.3 Å². The zero-order valence-electron chi connectivity index (χ0n) is 40.2. The zero-order chi connectivity index (χ0) is 47.7. The van der Waals surface area contributed by atoms with Crippen molar-refractivity contribution in [1.82, 2.24) is 0 Å². The van der Waals surface area contributed by atoms with Gasteiger partial charge in [0, 0.05) is 49.8 Å². The smallest absolute Gasteiger partial charge is 0.199 e. The van der Waals surface area contributed by atoms with E-state index in [1.165, 1.54) is 0 Å². The van der Waals surface area contributed by atoms with E-state index < -0.39 is 0 Å². The Morgan fingerprint density at radius 1 is 0.433 bits per heavy atom. The lowest BCUT2D eigenvalue weighted by Crippen LogP contribution is -2.31. The summed E-state index contributed by atoms with van der Waals surface area (Å²) >= 11 is 0. The fourth-order valence-electron chi connectivity index (χ4n) is 6.41. The van der Waals surface area contributed by atoms with Gasteiger partial charge in [0.25, 0.3) is 0 Å². The number of nitrogens with one attached hydrogen (secondary N) is 1. The van der Waals surface area contributed by atoms with E-state index >= 15 is 0 Å². The van der Waals surface area contributed by atoms with Crippen LogP contribution in [0, 0.1) is 0 Å². The second-order valence-electron chi connectivity index (χ2n) is 15.1. The van der Waals surface area contributed by atoms with Crippen LogP contribution in [0.15, 0.2) is 78.4 Å². The number of benzene rings is 2. The Morgan fingerprint density at radius 2 is 0.776 bits per heavy atom. The second kappa shape index (κ2) is 40.3. The molecule has 2 aromatic rings. The van der Waals surface area contributed by atoms with Gasteiger partial charge in [-0.3, -0.25) is 0 Å². The van der Waals surface area contributed by atoms with Crippen molar-refractivity contribution in [2.24, 2.45) is 0 Å². The Balaban J connectivity index is 1.58. The summed E-state index contributed by atoms with van der Waals surface area (Å²) < 4.78 is 63.1. The molecule has 0 bridgehead atoms. The monoisotopic (exact) mass is 947 g/mol. The first-order valence-electron chi connectivity index (χ1n) is 23.6. The topological polar surface area (TPSA) is 180 Å². The average molecular weight is 947 g/mol. The largest absolute Gasteiger partial charge is 0.394 e. The summed E-state index contributed by atoms with van der Waals surface area (Å²) in [7, 11) is 4.09. The highest BCUT2D eigenvalue weighted by Crippen LogP contribution is 2.32. The summed E-state index contributed by atoms with van der Waals surface area (Å²) in [5.41, 5.74) is 7.71. The van der Waals surface area contributed by atoms with E-state index in [-0.39, 0.29) is 19.8 Å². The molecule has 0 unspecified atom stereocenters. The van der Waals surface area contributed by atoms with Crippen molar-refractivity contribution in [3.8, 4) is 0 Å². The minimum absolute atomic E-state index is 0.00421. The Morgan fingerprint density at radius 3 is 1.15 bits per heavy atom. The molecular weight excluding hydrogens is 867 g/mol. The molecule has 3 rings (SSSR count). The molecule has 0 amide bonds. The fraction of sp³-hybridized carbons (Fsp3) is 0.620. The SMILES string of the molecule is C[N+](C)=C1C=CC(=C(c2ccc(NCCCOCCOCCOCCO)cc2)c2ccc(N(CCOCCOCCOCCOCCO)CCOCCOCCOCCOCCO)cc2)C=C1. The predicted octanol–water partition coefficient (Wildman–Crippen LogP) is 3.10. The summed E-state index contributed by atoms with van der Waals surface area (Å²) in [6, 6.07) is 17.3. The van der Waals surface area contributed by atoms with Crippen molar-refractivity contribution in [2.45, 2.75) is 6.42 Å². The van der Waals surface area contributed by atoms with E-state index in [0.29, 0.717) is 158 Å². The van der Waals surface area contributed by atoms with Gasteiger partial charge in [-0.1, -0.05) is 24.3 Å². The van der Waals surface area contributed by atoms with Crippen LogP contribution in [0.25, 0.3) is 5.57 Å². The van der Waals surface area contributed by atoms with Crippen molar-refractivity contribution in [3.63, 3.8) is 0 Å². The molecule has 0 aromatic heterocycles. The van der Waals surface area contributed by atoms with Crippen LogP contribution in [0.2, 0.25) is 0 Å². The number of allylic oxidation sites excluding steroid dienone is 5. The van der Waals surface area contributed by atoms with Crippen LogP contribution < -0.4 is 10.2 Å². The molecule has 0 fully saturated rings. The first kappa shape index (κ1) is 57.7. The van der Waals surface area contributed by atoms with E-state index in [9.17, 15) is 0 Å². The molecule has 0 atom stereocenters. The molecule has 17 heteroatoms. The molecule has 0 heterocycles. The molecule has 0 spiro atoms. The van der Waals surface area contributed by atoms with Gasteiger partial charge in [0.1, 0.15) is 14.1 Å². The van der Waals surface area contributed by atoms with E-state index in [4.69, 9.17) is 67.4 Å². The van der Waals surface area contributed by atoms with E-state index in [2.05, 4.69) is 87.6 Å². The molecule has 0 aliphatic heterocycles. The van der Waals surface area contributed by atoms with Crippen molar-refractivity contribution in [1.29, 1.82) is 0 Å². The number of aliphatic hydroxyl groups excluding tert-OH is 3. The third-order valence-electron chi connectivity index (χ3n) is 9.86. The molecule has 1 aliphatic rings. The van der Waals surface area contributed by atoms with Crippen LogP contribution in [-0.4, -0.2) is 225 Å². The molecule has 0 radical (unpaired) electrons. The van der Waals surface area contributed by atoms with Crippen LogP contribution in [0.3, 0.4) is 0 Å². The standard InChI is InChI=1S/C50H79N3O14/c1-52(2)48-12-6-45(7-13-48)50(44-4-10-47(11-5-44)51-16-3-22-57-28-34-63-37-31-60-25-19-54)46-8-14-49(15-9-46)53(17-23-58-29-35-64-40-42-66-38-32-61-26-20-55)18-24-59-30-36-65-41-43-67-39-33-62-27-21-56/h4-15,54-56H,3,16-43H2,1-2H3/p+1. The summed E-state index contributed by atoms with van der Waals surface area (Å²) in [5, 5.41) is 29.8. The highest BCUT2D eigenvalue weighted by Gasteiger charge is 2.15. The van der Waals surface area contributed by atoms with Gasteiger partial charge in [-0.05, 0) is 65.1 Å². The minimum atomic E-state index is 0.00421. The normalized spacial score (nSPS) is 12.4. The molecule has 4 N–H and O–H groups in total. The molecule has 0 saturated heterocycles. The zero-order valence-corrected chi connectivity index (χ0v) is 40.2. The predicted molar refractivity (Wildman–Crippen MR) is 260 cm³/mol. The lowest BCUT2D eigenvalue weighted by atomic mass is 9.90. The first-order chi connectivity index (χ1) is 33.1. The lowest BCUT2D eigenvalue weighted by molar-refractivity contribution is -0.462. The van der Waals surface area contributed by atoms with E-state index in [1.54, 1.807) is 0 Å². The summed E-state index contributed by atoms with van der Waals surface area (Å²) in [6.07, 6.45) is 9.53. The van der Waals surface area contributed by atoms with Crippen molar-refractivity contribution >= 4 is 22.7 Å². The molecule has 67 heavy (non-hydrogen) atoms. The van der Waals surface area contributed by atoms with Crippen LogP contribution in [0.5, 0.6) is 0 Å². The van der Waals surface area contributed by atoms with Crippen molar-refractivity contribution in [2.75, 3.05) is 209 Å². The number of hydrogen-bond acceptors (Lipinski definition) is 16. The maximum absolute atomic E-state index is 8.78. The van der Waals surface area contributed by atoms with Gasteiger partial charge >= 0.3 is 0 Å². The lowest BCUT2D eigenvalue weighted by Gasteiger charge is -2.25. The number of hydrogen-bond donors (Lipinski definition) is 4. The Bertz CT molecular complexity index is 1570. The molecule has 1 aliphatic carbocycles. The van der Waals surface area contributed by atoms with Crippen LogP contribution in [0.1, 0.15) is 17.5 Å². The summed E-state index contributed by atoms with van der Waals surface area (Å²) in [6.45, 7) is 12.3. The average Bonchev–Trinajstić information content (AvgIpc) is 3.35. The maximum Gasteiger partial charge on any atom is 0.199 e. The van der Waals surface area contributed by atoms with Crippen LogP contribution in [-0.2, 0) is 52.1 Å². The Labute approximate surface area is 398 Å². The molecular formula is C50H80N3O14+.